The average molecular weight is 392 g/mol. The summed E-state index contributed by atoms with van der Waals surface area (Å²) < 4.78 is 1.97. The van der Waals surface area contributed by atoms with Gasteiger partial charge in [0, 0.05) is 41.3 Å². The van der Waals surface area contributed by atoms with Crippen LogP contribution in [0.15, 0.2) is 60.9 Å². The molecule has 2 aromatic heterocycles. The van der Waals surface area contributed by atoms with Gasteiger partial charge >= 0.3 is 0 Å². The first-order chi connectivity index (χ1) is 13.5. The average Bonchev–Trinajstić information content (AvgIpc) is 3.02. The molecule has 0 unspecified atom stereocenters. The van der Waals surface area contributed by atoms with Crippen molar-refractivity contribution < 1.29 is 4.79 Å². The molecule has 0 saturated carbocycles. The predicted octanol–water partition coefficient (Wildman–Crippen LogP) is 5.06. The molecule has 0 atom stereocenters. The monoisotopic (exact) mass is 391 g/mol. The molecule has 0 aliphatic rings. The number of anilines is 3. The highest BCUT2D eigenvalue weighted by atomic mass is 35.5. The molecule has 0 bridgehead atoms. The molecule has 2 heterocycles. The minimum atomic E-state index is -0.106. The fourth-order valence-corrected chi connectivity index (χ4v) is 3.23. The van der Waals surface area contributed by atoms with Crippen molar-refractivity contribution in [2.24, 2.45) is 0 Å². The van der Waals surface area contributed by atoms with E-state index in [1.807, 2.05) is 66.1 Å². The van der Waals surface area contributed by atoms with E-state index >= 15 is 0 Å². The van der Waals surface area contributed by atoms with Crippen molar-refractivity contribution in [1.82, 2.24) is 14.4 Å². The normalized spacial score (nSPS) is 10.8. The van der Waals surface area contributed by atoms with Gasteiger partial charge in [-0.25, -0.2) is 4.98 Å². The van der Waals surface area contributed by atoms with Gasteiger partial charge in [-0.05, 0) is 37.3 Å². The number of nitrogens with zero attached hydrogens (tertiary/aromatic N) is 3. The zero-order valence-electron chi connectivity index (χ0n) is 15.4. The maximum absolute atomic E-state index is 11.3. The van der Waals surface area contributed by atoms with E-state index in [2.05, 4.69) is 15.6 Å². The Balaban J connectivity index is 1.83. The number of carbonyl (C=O) groups excluding carboxylic acids is 1. The Kier molecular flexibility index (Phi) is 4.71. The van der Waals surface area contributed by atoms with E-state index in [0.717, 1.165) is 39.8 Å². The molecule has 1 amide bonds. The summed E-state index contributed by atoms with van der Waals surface area (Å²) in [7, 11) is 0. The molecule has 28 heavy (non-hydrogen) atoms. The van der Waals surface area contributed by atoms with Gasteiger partial charge in [-0.3, -0.25) is 14.2 Å². The molecule has 140 valence electrons. The Morgan fingerprint density at radius 1 is 1.11 bits per heavy atom. The molecule has 0 fully saturated rings. The second kappa shape index (κ2) is 7.32. The standard InChI is InChI=1S/C21H18ClN5O/c1-13-20-26-19(15-6-8-17(9-7-15)24-14(2)28)21(27(20)11-10-23-13)25-18-5-3-4-16(22)12-18/h3-12,25H,1-2H3,(H,24,28). The van der Waals surface area contributed by atoms with Crippen LogP contribution in [0.5, 0.6) is 0 Å². The van der Waals surface area contributed by atoms with E-state index in [-0.39, 0.29) is 5.91 Å². The number of benzene rings is 2. The van der Waals surface area contributed by atoms with Crippen LogP contribution in [0.2, 0.25) is 5.02 Å². The van der Waals surface area contributed by atoms with E-state index in [1.165, 1.54) is 6.92 Å². The minimum absolute atomic E-state index is 0.106. The number of imidazole rings is 1. The number of aromatic nitrogens is 3. The molecular weight excluding hydrogens is 374 g/mol. The summed E-state index contributed by atoms with van der Waals surface area (Å²) >= 11 is 6.14. The highest BCUT2D eigenvalue weighted by Gasteiger charge is 2.16. The SMILES string of the molecule is CC(=O)Nc1ccc(-c2nc3c(C)nccn3c2Nc2cccc(Cl)c2)cc1. The molecule has 4 aromatic rings. The van der Waals surface area contributed by atoms with Crippen molar-refractivity contribution >= 4 is 40.3 Å². The van der Waals surface area contributed by atoms with Crippen molar-refractivity contribution in [1.29, 1.82) is 0 Å². The van der Waals surface area contributed by atoms with Gasteiger partial charge in [0.2, 0.25) is 5.91 Å². The van der Waals surface area contributed by atoms with Gasteiger partial charge < -0.3 is 10.6 Å². The Bertz CT molecular complexity index is 1170. The maximum Gasteiger partial charge on any atom is 0.221 e. The van der Waals surface area contributed by atoms with Gasteiger partial charge in [0.1, 0.15) is 11.5 Å². The maximum atomic E-state index is 11.3. The number of hydrogen-bond donors (Lipinski definition) is 2. The largest absolute Gasteiger partial charge is 0.339 e. The summed E-state index contributed by atoms with van der Waals surface area (Å²) in [6.45, 7) is 3.41. The van der Waals surface area contributed by atoms with Crippen molar-refractivity contribution in [3.05, 3.63) is 71.6 Å². The molecule has 0 saturated heterocycles. The molecule has 6 nitrogen and oxygen atoms in total. The van der Waals surface area contributed by atoms with Gasteiger partial charge in [-0.2, -0.15) is 0 Å². The Morgan fingerprint density at radius 3 is 2.61 bits per heavy atom. The van der Waals surface area contributed by atoms with Crippen molar-refractivity contribution in [3.8, 4) is 11.3 Å². The van der Waals surface area contributed by atoms with Crippen LogP contribution in [-0.2, 0) is 4.79 Å². The number of carbonyl (C=O) groups is 1. The van der Waals surface area contributed by atoms with Crippen LogP contribution < -0.4 is 10.6 Å². The third-order valence-electron chi connectivity index (χ3n) is 4.28. The van der Waals surface area contributed by atoms with E-state index in [9.17, 15) is 4.79 Å². The number of amides is 1. The number of nitrogens with one attached hydrogen (secondary N) is 2. The zero-order chi connectivity index (χ0) is 19.7. The fraction of sp³-hybridized carbons (Fsp3) is 0.0952. The quantitative estimate of drug-likeness (QED) is 0.510. The lowest BCUT2D eigenvalue weighted by molar-refractivity contribution is -0.114. The smallest absolute Gasteiger partial charge is 0.221 e. The third-order valence-corrected chi connectivity index (χ3v) is 4.52. The van der Waals surface area contributed by atoms with Crippen molar-refractivity contribution in [2.45, 2.75) is 13.8 Å². The first-order valence-electron chi connectivity index (χ1n) is 8.75. The fourth-order valence-electron chi connectivity index (χ4n) is 3.04. The Morgan fingerprint density at radius 2 is 1.89 bits per heavy atom. The summed E-state index contributed by atoms with van der Waals surface area (Å²) in [5.41, 5.74) is 4.90. The van der Waals surface area contributed by atoms with Crippen LogP contribution in [0.25, 0.3) is 16.9 Å². The van der Waals surface area contributed by atoms with Gasteiger partial charge in [0.25, 0.3) is 0 Å². The number of rotatable bonds is 4. The first-order valence-corrected chi connectivity index (χ1v) is 9.13. The van der Waals surface area contributed by atoms with Gasteiger partial charge in [0.15, 0.2) is 5.65 Å². The van der Waals surface area contributed by atoms with Crippen LogP contribution in [-0.4, -0.2) is 20.3 Å². The van der Waals surface area contributed by atoms with Crippen molar-refractivity contribution in [2.75, 3.05) is 10.6 Å². The molecule has 0 spiro atoms. The lowest BCUT2D eigenvalue weighted by Crippen LogP contribution is -2.05. The molecule has 4 rings (SSSR count). The van der Waals surface area contributed by atoms with Crippen LogP contribution in [0.1, 0.15) is 12.6 Å². The van der Waals surface area contributed by atoms with E-state index in [0.29, 0.717) is 5.02 Å². The minimum Gasteiger partial charge on any atom is -0.339 e. The van der Waals surface area contributed by atoms with Crippen molar-refractivity contribution in [3.63, 3.8) is 0 Å². The van der Waals surface area contributed by atoms with E-state index < -0.39 is 0 Å². The van der Waals surface area contributed by atoms with Crippen LogP contribution in [0.4, 0.5) is 17.2 Å². The van der Waals surface area contributed by atoms with Crippen LogP contribution in [0, 0.1) is 6.92 Å². The summed E-state index contributed by atoms with van der Waals surface area (Å²) in [6.07, 6.45) is 3.62. The Hall–Kier alpha value is -3.38. The second-order valence-corrected chi connectivity index (χ2v) is 6.85. The summed E-state index contributed by atoms with van der Waals surface area (Å²) in [5, 5.41) is 6.85. The third kappa shape index (κ3) is 3.54. The predicted molar refractivity (Wildman–Crippen MR) is 112 cm³/mol. The number of halogens is 1. The molecule has 2 N–H and O–H groups in total. The number of hydrogen-bond acceptors (Lipinski definition) is 4. The molecule has 0 radical (unpaired) electrons. The number of fused-ring (bicyclic) bond motifs is 1. The molecular formula is C21H18ClN5O. The molecule has 0 aliphatic carbocycles. The van der Waals surface area contributed by atoms with Gasteiger partial charge in [-0.15, -0.1) is 0 Å². The van der Waals surface area contributed by atoms with Gasteiger partial charge in [0.05, 0.1) is 5.69 Å². The Labute approximate surface area is 167 Å². The highest BCUT2D eigenvalue weighted by molar-refractivity contribution is 6.30. The summed E-state index contributed by atoms with van der Waals surface area (Å²) in [5.74, 6) is 0.709. The highest BCUT2D eigenvalue weighted by Crippen LogP contribution is 2.32. The van der Waals surface area contributed by atoms with Crippen LogP contribution >= 0.6 is 11.6 Å². The lowest BCUT2D eigenvalue weighted by atomic mass is 10.1. The summed E-state index contributed by atoms with van der Waals surface area (Å²) in [4.78, 5) is 20.4. The second-order valence-electron chi connectivity index (χ2n) is 6.41. The van der Waals surface area contributed by atoms with E-state index in [4.69, 9.17) is 16.6 Å². The topological polar surface area (TPSA) is 71.3 Å². The zero-order valence-corrected chi connectivity index (χ0v) is 16.2. The molecule has 0 aliphatic heterocycles. The van der Waals surface area contributed by atoms with E-state index in [1.54, 1.807) is 6.20 Å². The summed E-state index contributed by atoms with van der Waals surface area (Å²) in [6, 6.07) is 15.1. The first kappa shape index (κ1) is 18.0. The van der Waals surface area contributed by atoms with Crippen LogP contribution in [0.3, 0.4) is 0 Å². The number of aryl methyl sites for hydroxylation is 1. The lowest BCUT2D eigenvalue weighted by Gasteiger charge is -2.10. The molecule has 7 heteroatoms. The molecule has 2 aromatic carbocycles. The van der Waals surface area contributed by atoms with Gasteiger partial charge in [-0.1, -0.05) is 29.8 Å².